The standard InChI is InChI=1S/C16H19N5O2S/c17-12-11(15(18)22)14(16(19)23)24-13(12)9-3-1-2-4-10(9)21-7-5-20-6-8-21/h1-4,20H,5-8,17H2,(H2,18,22)(H2,19,23). The number of benzene rings is 1. The molecule has 1 aromatic heterocycles. The first-order chi connectivity index (χ1) is 11.5. The van der Waals surface area contributed by atoms with Gasteiger partial charge in [-0.15, -0.1) is 11.3 Å². The maximum absolute atomic E-state index is 11.7. The number of rotatable bonds is 4. The van der Waals surface area contributed by atoms with E-state index in [2.05, 4.69) is 10.2 Å². The average molecular weight is 345 g/mol. The molecule has 1 saturated heterocycles. The van der Waals surface area contributed by atoms with E-state index in [4.69, 9.17) is 17.2 Å². The molecule has 24 heavy (non-hydrogen) atoms. The Morgan fingerprint density at radius 3 is 2.33 bits per heavy atom. The molecular weight excluding hydrogens is 326 g/mol. The highest BCUT2D eigenvalue weighted by molar-refractivity contribution is 7.18. The Kier molecular flexibility index (Phi) is 4.41. The van der Waals surface area contributed by atoms with Crippen LogP contribution in [-0.4, -0.2) is 38.0 Å². The van der Waals surface area contributed by atoms with Crippen molar-refractivity contribution in [3.63, 3.8) is 0 Å². The predicted octanol–water partition coefficient (Wildman–Crippen LogP) is 0.605. The lowest BCUT2D eigenvalue weighted by Crippen LogP contribution is -2.43. The molecule has 2 aromatic rings. The van der Waals surface area contributed by atoms with Crippen LogP contribution < -0.4 is 27.4 Å². The molecule has 0 aliphatic carbocycles. The number of carbonyl (C=O) groups excluding carboxylic acids is 2. The van der Waals surface area contributed by atoms with Crippen LogP contribution in [0.1, 0.15) is 20.0 Å². The van der Waals surface area contributed by atoms with Crippen LogP contribution in [0.3, 0.4) is 0 Å². The van der Waals surface area contributed by atoms with E-state index in [1.165, 1.54) is 0 Å². The Morgan fingerprint density at radius 1 is 1.08 bits per heavy atom. The number of anilines is 2. The van der Waals surface area contributed by atoms with E-state index >= 15 is 0 Å². The molecule has 0 spiro atoms. The second kappa shape index (κ2) is 6.50. The van der Waals surface area contributed by atoms with Gasteiger partial charge in [0.05, 0.1) is 16.1 Å². The zero-order chi connectivity index (χ0) is 17.3. The number of hydrogen-bond donors (Lipinski definition) is 4. The summed E-state index contributed by atoms with van der Waals surface area (Å²) >= 11 is 1.11. The summed E-state index contributed by atoms with van der Waals surface area (Å²) in [7, 11) is 0. The number of primary amides is 2. The first kappa shape index (κ1) is 16.3. The van der Waals surface area contributed by atoms with E-state index in [0.717, 1.165) is 48.8 Å². The summed E-state index contributed by atoms with van der Waals surface area (Å²) in [5.74, 6) is -1.45. The summed E-state index contributed by atoms with van der Waals surface area (Å²) in [5, 5.41) is 3.31. The molecule has 126 valence electrons. The van der Waals surface area contributed by atoms with Gasteiger partial charge in [-0.1, -0.05) is 18.2 Å². The maximum Gasteiger partial charge on any atom is 0.259 e. The van der Waals surface area contributed by atoms with Crippen LogP contribution in [0.5, 0.6) is 0 Å². The maximum atomic E-state index is 11.7. The van der Waals surface area contributed by atoms with Crippen molar-refractivity contribution in [1.82, 2.24) is 5.32 Å². The molecule has 1 aliphatic heterocycles. The minimum atomic E-state index is -0.747. The fourth-order valence-electron chi connectivity index (χ4n) is 2.91. The molecule has 1 aliphatic rings. The van der Waals surface area contributed by atoms with E-state index in [-0.39, 0.29) is 16.1 Å². The van der Waals surface area contributed by atoms with Crippen LogP contribution in [0, 0.1) is 0 Å². The zero-order valence-corrected chi connectivity index (χ0v) is 13.9. The minimum Gasteiger partial charge on any atom is -0.397 e. The molecule has 2 heterocycles. The number of nitrogens with two attached hydrogens (primary N) is 3. The van der Waals surface area contributed by atoms with Gasteiger partial charge in [0.2, 0.25) is 0 Å². The van der Waals surface area contributed by atoms with Crippen LogP contribution in [0.25, 0.3) is 10.4 Å². The SMILES string of the molecule is NC(=O)c1sc(-c2ccccc2N2CCNCC2)c(N)c1C(N)=O. The number of carbonyl (C=O) groups is 2. The van der Waals surface area contributed by atoms with Crippen molar-refractivity contribution in [1.29, 1.82) is 0 Å². The summed E-state index contributed by atoms with van der Waals surface area (Å²) in [5.41, 5.74) is 19.0. The number of nitrogen functional groups attached to an aromatic ring is 1. The van der Waals surface area contributed by atoms with Crippen LogP contribution in [0.2, 0.25) is 0 Å². The molecule has 8 heteroatoms. The molecule has 0 atom stereocenters. The molecule has 0 radical (unpaired) electrons. The number of thiophene rings is 1. The van der Waals surface area contributed by atoms with Crippen LogP contribution >= 0.6 is 11.3 Å². The molecule has 0 bridgehead atoms. The number of amides is 2. The molecule has 2 amide bonds. The third-order valence-corrected chi connectivity index (χ3v) is 5.28. The number of piperazine rings is 1. The molecule has 7 N–H and O–H groups in total. The summed E-state index contributed by atoms with van der Waals surface area (Å²) in [4.78, 5) is 26.4. The van der Waals surface area contributed by atoms with Gasteiger partial charge >= 0.3 is 0 Å². The van der Waals surface area contributed by atoms with E-state index in [1.54, 1.807) is 0 Å². The van der Waals surface area contributed by atoms with Gasteiger partial charge in [0.25, 0.3) is 11.8 Å². The normalized spacial score (nSPS) is 14.6. The van der Waals surface area contributed by atoms with Gasteiger partial charge in [0.15, 0.2) is 0 Å². The van der Waals surface area contributed by atoms with Crippen molar-refractivity contribution in [3.05, 3.63) is 34.7 Å². The summed E-state index contributed by atoms with van der Waals surface area (Å²) in [6.07, 6.45) is 0. The van der Waals surface area contributed by atoms with Crippen molar-refractivity contribution in [3.8, 4) is 10.4 Å². The molecule has 3 rings (SSSR count). The summed E-state index contributed by atoms with van der Waals surface area (Å²) in [6, 6.07) is 7.78. The zero-order valence-electron chi connectivity index (χ0n) is 13.0. The first-order valence-electron chi connectivity index (χ1n) is 7.57. The second-order valence-electron chi connectivity index (χ2n) is 5.53. The van der Waals surface area contributed by atoms with E-state index < -0.39 is 11.8 Å². The monoisotopic (exact) mass is 345 g/mol. The van der Waals surface area contributed by atoms with Gasteiger partial charge in [-0.3, -0.25) is 9.59 Å². The van der Waals surface area contributed by atoms with Gasteiger partial charge < -0.3 is 27.4 Å². The molecule has 0 unspecified atom stereocenters. The van der Waals surface area contributed by atoms with Gasteiger partial charge in [0.1, 0.15) is 4.88 Å². The van der Waals surface area contributed by atoms with Gasteiger partial charge in [-0.25, -0.2) is 0 Å². The highest BCUT2D eigenvalue weighted by Gasteiger charge is 2.26. The Balaban J connectivity index is 2.15. The van der Waals surface area contributed by atoms with Crippen molar-refractivity contribution in [2.45, 2.75) is 0 Å². The Hall–Kier alpha value is -2.58. The van der Waals surface area contributed by atoms with Crippen LogP contribution in [0.15, 0.2) is 24.3 Å². The van der Waals surface area contributed by atoms with Crippen molar-refractivity contribution < 1.29 is 9.59 Å². The van der Waals surface area contributed by atoms with Crippen LogP contribution in [0.4, 0.5) is 11.4 Å². The minimum absolute atomic E-state index is 0.0117. The fraction of sp³-hybridized carbons (Fsp3) is 0.250. The molecular formula is C16H19N5O2S. The number of hydrogen-bond acceptors (Lipinski definition) is 6. The van der Waals surface area contributed by atoms with E-state index in [1.807, 2.05) is 24.3 Å². The van der Waals surface area contributed by atoms with Crippen molar-refractivity contribution >= 4 is 34.5 Å². The van der Waals surface area contributed by atoms with Gasteiger partial charge in [0, 0.05) is 37.4 Å². The third kappa shape index (κ3) is 2.81. The topological polar surface area (TPSA) is 127 Å². The summed E-state index contributed by atoms with van der Waals surface area (Å²) < 4.78 is 0. The Bertz CT molecular complexity index is 796. The lowest BCUT2D eigenvalue weighted by Gasteiger charge is -2.31. The Morgan fingerprint density at radius 2 is 1.75 bits per heavy atom. The highest BCUT2D eigenvalue weighted by atomic mass is 32.1. The van der Waals surface area contributed by atoms with Crippen molar-refractivity contribution in [2.24, 2.45) is 11.5 Å². The van der Waals surface area contributed by atoms with Gasteiger partial charge in [-0.05, 0) is 6.07 Å². The fourth-order valence-corrected chi connectivity index (χ4v) is 4.02. The lowest BCUT2D eigenvalue weighted by molar-refractivity contribution is 0.0971. The highest BCUT2D eigenvalue weighted by Crippen LogP contribution is 2.42. The van der Waals surface area contributed by atoms with Crippen molar-refractivity contribution in [2.75, 3.05) is 36.8 Å². The van der Waals surface area contributed by atoms with Gasteiger partial charge in [-0.2, -0.15) is 0 Å². The van der Waals surface area contributed by atoms with Crippen LogP contribution in [-0.2, 0) is 0 Å². The number of nitrogens with one attached hydrogen (secondary N) is 1. The van der Waals surface area contributed by atoms with E-state index in [0.29, 0.717) is 4.88 Å². The quantitative estimate of drug-likeness (QED) is 0.645. The Labute approximate surface area is 143 Å². The number of para-hydroxylation sites is 1. The second-order valence-corrected chi connectivity index (χ2v) is 6.55. The average Bonchev–Trinajstić information content (AvgIpc) is 2.93. The first-order valence-corrected chi connectivity index (χ1v) is 8.39. The largest absolute Gasteiger partial charge is 0.397 e. The third-order valence-electron chi connectivity index (χ3n) is 4.02. The molecule has 7 nitrogen and oxygen atoms in total. The molecule has 1 fully saturated rings. The predicted molar refractivity (Wildman–Crippen MR) is 96.3 cm³/mol. The molecule has 1 aromatic carbocycles. The lowest BCUT2D eigenvalue weighted by atomic mass is 10.1. The smallest absolute Gasteiger partial charge is 0.259 e. The summed E-state index contributed by atoms with van der Waals surface area (Å²) in [6.45, 7) is 3.53. The number of nitrogens with zero attached hydrogens (tertiary/aromatic N) is 1. The van der Waals surface area contributed by atoms with E-state index in [9.17, 15) is 9.59 Å². The molecule has 0 saturated carbocycles.